The van der Waals surface area contributed by atoms with Crippen molar-refractivity contribution in [1.82, 2.24) is 0 Å². The van der Waals surface area contributed by atoms with Gasteiger partial charge in [-0.15, -0.1) is 0 Å². The van der Waals surface area contributed by atoms with E-state index in [1.54, 1.807) is 14.2 Å². The molecule has 4 nitrogen and oxygen atoms in total. The molecule has 0 atom stereocenters. The number of rotatable bonds is 12. The zero-order valence-electron chi connectivity index (χ0n) is 24.2. The molecule has 0 bridgehead atoms. The molecule has 206 valence electrons. The highest BCUT2D eigenvalue weighted by Crippen LogP contribution is 2.36. The number of hydrogen-bond donors (Lipinski definition) is 0. The van der Waals surface area contributed by atoms with Crippen LogP contribution in [0.15, 0.2) is 97.1 Å². The van der Waals surface area contributed by atoms with Gasteiger partial charge in [-0.2, -0.15) is 0 Å². The van der Waals surface area contributed by atoms with Gasteiger partial charge in [-0.1, -0.05) is 38.5 Å². The van der Waals surface area contributed by atoms with Gasteiger partial charge in [0.2, 0.25) is 0 Å². The van der Waals surface area contributed by atoms with Crippen LogP contribution < -0.4 is 19.3 Å². The largest absolute Gasteiger partial charge is 0.497 e. The highest BCUT2D eigenvalue weighted by atomic mass is 16.5. The third-order valence-corrected chi connectivity index (χ3v) is 6.93. The quantitative estimate of drug-likeness (QED) is 0.170. The first kappa shape index (κ1) is 28.6. The summed E-state index contributed by atoms with van der Waals surface area (Å²) in [5.74, 6) is 8.33. The van der Waals surface area contributed by atoms with E-state index < -0.39 is 0 Å². The lowest BCUT2D eigenvalue weighted by Gasteiger charge is -2.25. The maximum Gasteiger partial charge on any atom is 0.119 e. The van der Waals surface area contributed by atoms with Crippen molar-refractivity contribution >= 4 is 22.7 Å². The van der Waals surface area contributed by atoms with Crippen LogP contribution in [-0.4, -0.2) is 27.3 Å². The standard InChI is InChI=1S/C36H40N2O2/c1-5-7-27-37(28-8-6-2)31-15-11-29(12-16-31)9-10-30-13-17-32(18-14-30)38(33-19-23-35(39-3)24-20-33)34-21-25-36(40-4)26-22-34/h11-26H,5-8,27-28H2,1-4H3. The van der Waals surface area contributed by atoms with Gasteiger partial charge in [0.25, 0.3) is 0 Å². The summed E-state index contributed by atoms with van der Waals surface area (Å²) in [6, 6.07) is 33.2. The number of ether oxygens (including phenoxy) is 2. The molecule has 0 aromatic heterocycles. The zero-order chi connectivity index (χ0) is 28.2. The minimum atomic E-state index is 0.826. The van der Waals surface area contributed by atoms with Gasteiger partial charge < -0.3 is 19.3 Å². The average molecular weight is 533 g/mol. The van der Waals surface area contributed by atoms with Gasteiger partial charge in [-0.05, 0) is 110 Å². The van der Waals surface area contributed by atoms with Crippen molar-refractivity contribution in [3.8, 4) is 23.3 Å². The molecule has 0 unspecified atom stereocenters. The smallest absolute Gasteiger partial charge is 0.119 e. The van der Waals surface area contributed by atoms with Gasteiger partial charge in [0.05, 0.1) is 14.2 Å². The number of hydrogen-bond acceptors (Lipinski definition) is 4. The molecule has 0 amide bonds. The Hall–Kier alpha value is -4.36. The number of anilines is 4. The van der Waals surface area contributed by atoms with E-state index in [9.17, 15) is 0 Å². The number of benzene rings is 4. The minimum Gasteiger partial charge on any atom is -0.497 e. The second-order valence-electron chi connectivity index (χ2n) is 9.77. The Balaban J connectivity index is 1.53. The second-order valence-corrected chi connectivity index (χ2v) is 9.77. The van der Waals surface area contributed by atoms with E-state index in [1.807, 2.05) is 24.3 Å². The average Bonchev–Trinajstić information content (AvgIpc) is 3.02. The molecular weight excluding hydrogens is 492 g/mol. The molecule has 0 aliphatic rings. The van der Waals surface area contributed by atoms with E-state index >= 15 is 0 Å². The van der Waals surface area contributed by atoms with Crippen molar-refractivity contribution in [2.75, 3.05) is 37.1 Å². The first-order valence-corrected chi connectivity index (χ1v) is 14.2. The predicted octanol–water partition coefficient (Wildman–Crippen LogP) is 8.98. The molecule has 4 aromatic rings. The minimum absolute atomic E-state index is 0.826. The summed E-state index contributed by atoms with van der Waals surface area (Å²) in [4.78, 5) is 4.71. The lowest BCUT2D eigenvalue weighted by atomic mass is 10.1. The number of methoxy groups -OCH3 is 2. The van der Waals surface area contributed by atoms with Crippen molar-refractivity contribution < 1.29 is 9.47 Å². The highest BCUT2D eigenvalue weighted by molar-refractivity contribution is 5.77. The normalized spacial score (nSPS) is 10.4. The van der Waals surface area contributed by atoms with Crippen LogP contribution in [0.3, 0.4) is 0 Å². The second kappa shape index (κ2) is 14.7. The third kappa shape index (κ3) is 7.61. The van der Waals surface area contributed by atoms with Gasteiger partial charge in [0, 0.05) is 47.0 Å². The molecule has 0 N–H and O–H groups in total. The Morgan fingerprint density at radius 1 is 0.500 bits per heavy atom. The summed E-state index contributed by atoms with van der Waals surface area (Å²) in [6.45, 7) is 6.72. The molecule has 0 spiro atoms. The molecule has 0 fully saturated rings. The fourth-order valence-electron chi connectivity index (χ4n) is 4.57. The van der Waals surface area contributed by atoms with Crippen molar-refractivity contribution in [3.63, 3.8) is 0 Å². The summed E-state index contributed by atoms with van der Waals surface area (Å²) in [5, 5.41) is 0. The Morgan fingerprint density at radius 2 is 0.850 bits per heavy atom. The van der Waals surface area contributed by atoms with Crippen molar-refractivity contribution in [2.24, 2.45) is 0 Å². The molecular formula is C36H40N2O2. The van der Waals surface area contributed by atoms with Crippen LogP contribution in [0.2, 0.25) is 0 Å². The molecule has 0 saturated heterocycles. The summed E-state index contributed by atoms with van der Waals surface area (Å²) in [7, 11) is 3.36. The van der Waals surface area contributed by atoms with Gasteiger partial charge in [-0.25, -0.2) is 0 Å². The molecule has 0 aliphatic heterocycles. The summed E-state index contributed by atoms with van der Waals surface area (Å²) in [5.41, 5.74) is 6.41. The predicted molar refractivity (Wildman–Crippen MR) is 169 cm³/mol. The SMILES string of the molecule is CCCCN(CCCC)c1ccc(C#Cc2ccc(N(c3ccc(OC)cc3)c3ccc(OC)cc3)cc2)cc1. The van der Waals surface area contributed by atoms with E-state index in [2.05, 4.69) is 108 Å². The van der Waals surface area contributed by atoms with E-state index in [4.69, 9.17) is 9.47 Å². The fraction of sp³-hybridized carbons (Fsp3) is 0.278. The van der Waals surface area contributed by atoms with Gasteiger partial charge in [0.1, 0.15) is 11.5 Å². The third-order valence-electron chi connectivity index (χ3n) is 6.93. The summed E-state index contributed by atoms with van der Waals surface area (Å²) < 4.78 is 10.7. The Morgan fingerprint density at radius 3 is 1.20 bits per heavy atom. The van der Waals surface area contributed by atoms with Gasteiger partial charge in [-0.3, -0.25) is 0 Å². The van der Waals surface area contributed by atoms with Gasteiger partial charge >= 0.3 is 0 Å². The Kier molecular flexibility index (Phi) is 10.5. The van der Waals surface area contributed by atoms with Crippen LogP contribution in [0, 0.1) is 11.8 Å². The number of nitrogens with zero attached hydrogens (tertiary/aromatic N) is 2. The topological polar surface area (TPSA) is 24.9 Å². The molecule has 0 heterocycles. The lowest BCUT2D eigenvalue weighted by Crippen LogP contribution is -2.25. The molecule has 4 heteroatoms. The van der Waals surface area contributed by atoms with Crippen LogP contribution in [0.25, 0.3) is 0 Å². The van der Waals surface area contributed by atoms with Crippen molar-refractivity contribution in [3.05, 3.63) is 108 Å². The molecule has 4 aromatic carbocycles. The first-order chi connectivity index (χ1) is 19.6. The highest BCUT2D eigenvalue weighted by Gasteiger charge is 2.13. The van der Waals surface area contributed by atoms with E-state index in [0.717, 1.165) is 52.8 Å². The van der Waals surface area contributed by atoms with E-state index in [1.165, 1.54) is 31.4 Å². The zero-order valence-corrected chi connectivity index (χ0v) is 24.2. The molecule has 40 heavy (non-hydrogen) atoms. The summed E-state index contributed by atoms with van der Waals surface area (Å²) in [6.07, 6.45) is 4.86. The van der Waals surface area contributed by atoms with Crippen molar-refractivity contribution in [1.29, 1.82) is 0 Å². The molecule has 0 aliphatic carbocycles. The first-order valence-electron chi connectivity index (χ1n) is 14.2. The van der Waals surface area contributed by atoms with Gasteiger partial charge in [0.15, 0.2) is 0 Å². The molecule has 0 radical (unpaired) electrons. The van der Waals surface area contributed by atoms with Crippen LogP contribution >= 0.6 is 0 Å². The van der Waals surface area contributed by atoms with Crippen LogP contribution in [0.5, 0.6) is 11.5 Å². The van der Waals surface area contributed by atoms with Crippen LogP contribution in [-0.2, 0) is 0 Å². The fourth-order valence-corrected chi connectivity index (χ4v) is 4.57. The maximum atomic E-state index is 5.37. The summed E-state index contributed by atoms with van der Waals surface area (Å²) >= 11 is 0. The Bertz CT molecular complexity index is 1310. The van der Waals surface area contributed by atoms with Crippen LogP contribution in [0.4, 0.5) is 22.7 Å². The lowest BCUT2D eigenvalue weighted by molar-refractivity contribution is 0.415. The number of unbranched alkanes of at least 4 members (excludes halogenated alkanes) is 2. The van der Waals surface area contributed by atoms with Crippen molar-refractivity contribution in [2.45, 2.75) is 39.5 Å². The van der Waals surface area contributed by atoms with E-state index in [-0.39, 0.29) is 0 Å². The Labute approximate surface area is 240 Å². The molecule has 4 rings (SSSR count). The van der Waals surface area contributed by atoms with E-state index in [0.29, 0.717) is 0 Å². The monoisotopic (exact) mass is 532 g/mol. The molecule has 0 saturated carbocycles. The maximum absolute atomic E-state index is 5.37. The van der Waals surface area contributed by atoms with Crippen LogP contribution in [0.1, 0.15) is 50.7 Å².